The minimum Gasteiger partial charge on any atom is -0.381 e. The van der Waals surface area contributed by atoms with Gasteiger partial charge in [0.25, 0.3) is 0 Å². The highest BCUT2D eigenvalue weighted by molar-refractivity contribution is 7.10. The molecule has 23 heavy (non-hydrogen) atoms. The van der Waals surface area contributed by atoms with E-state index in [1.807, 2.05) is 17.7 Å². The molecule has 1 fully saturated rings. The number of aryl methyl sites for hydroxylation is 2. The second-order valence-corrected chi connectivity index (χ2v) is 7.01. The Kier molecular flexibility index (Phi) is 5.13. The first-order valence-corrected chi connectivity index (χ1v) is 8.94. The normalized spacial score (nSPS) is 17.1. The molecule has 3 rings (SSSR count). The van der Waals surface area contributed by atoms with E-state index in [0.717, 1.165) is 24.2 Å². The molecule has 0 radical (unpaired) electrons. The van der Waals surface area contributed by atoms with Crippen LogP contribution < -0.4 is 5.32 Å². The van der Waals surface area contributed by atoms with E-state index in [9.17, 15) is 4.79 Å². The molecule has 0 aromatic carbocycles. The number of ether oxygens (including phenoxy) is 1. The Bertz CT molecular complexity index is 645. The van der Waals surface area contributed by atoms with Crippen LogP contribution in [0.3, 0.4) is 0 Å². The summed E-state index contributed by atoms with van der Waals surface area (Å²) >= 11 is 1.70. The number of carbonyl (C=O) groups excluding carboxylic acids is 1. The van der Waals surface area contributed by atoms with Gasteiger partial charge in [-0.1, -0.05) is 6.07 Å². The van der Waals surface area contributed by atoms with Gasteiger partial charge in [0.1, 0.15) is 6.04 Å². The van der Waals surface area contributed by atoms with Crippen molar-refractivity contribution in [2.24, 2.45) is 5.92 Å². The Balaban J connectivity index is 1.72. The Hall–Kier alpha value is -1.66. The summed E-state index contributed by atoms with van der Waals surface area (Å²) in [5, 5.41) is 9.80. The Morgan fingerprint density at radius 1 is 1.48 bits per heavy atom. The van der Waals surface area contributed by atoms with Crippen molar-refractivity contribution in [2.45, 2.75) is 32.7 Å². The van der Waals surface area contributed by atoms with E-state index in [1.54, 1.807) is 11.3 Å². The fraction of sp³-hybridized carbons (Fsp3) is 0.529. The van der Waals surface area contributed by atoms with Crippen LogP contribution in [0.15, 0.2) is 23.6 Å². The summed E-state index contributed by atoms with van der Waals surface area (Å²) in [4.78, 5) is 13.6. The van der Waals surface area contributed by atoms with Crippen LogP contribution in [-0.2, 0) is 9.53 Å². The SMILES string of the molecule is Cc1cc(C)n(C(CNC(=O)C2CCOCC2)c2cccs2)n1. The number of thiophene rings is 1. The lowest BCUT2D eigenvalue weighted by molar-refractivity contribution is -0.127. The number of hydrogen-bond donors (Lipinski definition) is 1. The fourth-order valence-electron chi connectivity index (χ4n) is 3.05. The van der Waals surface area contributed by atoms with Crippen LogP contribution in [0.25, 0.3) is 0 Å². The van der Waals surface area contributed by atoms with Crippen molar-refractivity contribution in [1.29, 1.82) is 0 Å². The third-order valence-electron chi connectivity index (χ3n) is 4.27. The molecule has 1 saturated heterocycles. The van der Waals surface area contributed by atoms with Crippen molar-refractivity contribution in [1.82, 2.24) is 15.1 Å². The zero-order chi connectivity index (χ0) is 16.2. The first kappa shape index (κ1) is 16.2. The molecule has 0 spiro atoms. The van der Waals surface area contributed by atoms with Gasteiger partial charge in [-0.05, 0) is 44.2 Å². The van der Waals surface area contributed by atoms with E-state index in [4.69, 9.17) is 4.74 Å². The predicted molar refractivity (Wildman–Crippen MR) is 90.7 cm³/mol. The monoisotopic (exact) mass is 333 g/mol. The molecule has 124 valence electrons. The van der Waals surface area contributed by atoms with Crippen LogP contribution in [0, 0.1) is 19.8 Å². The van der Waals surface area contributed by atoms with Gasteiger partial charge in [0.2, 0.25) is 5.91 Å². The second kappa shape index (κ2) is 7.27. The molecule has 0 bridgehead atoms. The van der Waals surface area contributed by atoms with Crippen molar-refractivity contribution in [3.8, 4) is 0 Å². The highest BCUT2D eigenvalue weighted by Crippen LogP contribution is 2.24. The van der Waals surface area contributed by atoms with Gasteiger partial charge in [-0.3, -0.25) is 9.48 Å². The number of rotatable bonds is 5. The standard InChI is InChI=1S/C17H23N3O2S/c1-12-10-13(2)20(19-12)15(16-4-3-9-23-16)11-18-17(21)14-5-7-22-8-6-14/h3-4,9-10,14-15H,5-8,11H2,1-2H3,(H,18,21). The van der Waals surface area contributed by atoms with Crippen LogP contribution >= 0.6 is 11.3 Å². The van der Waals surface area contributed by atoms with Gasteiger partial charge in [0, 0.05) is 36.2 Å². The minimum atomic E-state index is 0.0486. The van der Waals surface area contributed by atoms with Crippen LogP contribution in [-0.4, -0.2) is 35.4 Å². The fourth-order valence-corrected chi connectivity index (χ4v) is 3.86. The van der Waals surface area contributed by atoms with Crippen LogP contribution in [0.4, 0.5) is 0 Å². The second-order valence-electron chi connectivity index (χ2n) is 6.03. The molecule has 3 heterocycles. The van der Waals surface area contributed by atoms with Gasteiger partial charge in [-0.2, -0.15) is 5.10 Å². The number of nitrogens with zero attached hydrogens (tertiary/aromatic N) is 2. The summed E-state index contributed by atoms with van der Waals surface area (Å²) in [6.45, 7) is 5.99. The molecule has 0 aliphatic carbocycles. The number of hydrogen-bond acceptors (Lipinski definition) is 4. The molecule has 1 aliphatic rings. The molecule has 1 aliphatic heterocycles. The van der Waals surface area contributed by atoms with E-state index in [1.165, 1.54) is 4.88 Å². The lowest BCUT2D eigenvalue weighted by Crippen LogP contribution is -2.38. The van der Waals surface area contributed by atoms with Crippen molar-refractivity contribution >= 4 is 17.2 Å². The number of amides is 1. The highest BCUT2D eigenvalue weighted by atomic mass is 32.1. The van der Waals surface area contributed by atoms with E-state index in [0.29, 0.717) is 19.8 Å². The first-order valence-electron chi connectivity index (χ1n) is 8.07. The lowest BCUT2D eigenvalue weighted by Gasteiger charge is -2.23. The molecular formula is C17H23N3O2S. The average molecular weight is 333 g/mol. The molecule has 1 atom stereocenters. The third kappa shape index (κ3) is 3.82. The summed E-state index contributed by atoms with van der Waals surface area (Å²) in [5.41, 5.74) is 2.11. The summed E-state index contributed by atoms with van der Waals surface area (Å²) in [6.07, 6.45) is 1.63. The molecule has 5 nitrogen and oxygen atoms in total. The van der Waals surface area contributed by atoms with Crippen molar-refractivity contribution in [3.63, 3.8) is 0 Å². The molecule has 2 aromatic rings. The largest absolute Gasteiger partial charge is 0.381 e. The van der Waals surface area contributed by atoms with E-state index in [-0.39, 0.29) is 17.9 Å². The molecule has 0 saturated carbocycles. The van der Waals surface area contributed by atoms with Gasteiger partial charge in [-0.15, -0.1) is 11.3 Å². The Morgan fingerprint density at radius 3 is 2.87 bits per heavy atom. The van der Waals surface area contributed by atoms with E-state index < -0.39 is 0 Å². The Morgan fingerprint density at radius 2 is 2.26 bits per heavy atom. The molecule has 1 amide bonds. The smallest absolute Gasteiger partial charge is 0.223 e. The summed E-state index contributed by atoms with van der Waals surface area (Å²) < 4.78 is 7.35. The van der Waals surface area contributed by atoms with E-state index >= 15 is 0 Å². The van der Waals surface area contributed by atoms with Crippen LogP contribution in [0.2, 0.25) is 0 Å². The maximum atomic E-state index is 12.4. The van der Waals surface area contributed by atoms with Gasteiger partial charge >= 0.3 is 0 Å². The van der Waals surface area contributed by atoms with Crippen molar-refractivity contribution < 1.29 is 9.53 Å². The zero-order valence-corrected chi connectivity index (χ0v) is 14.4. The topological polar surface area (TPSA) is 56.2 Å². The summed E-state index contributed by atoms with van der Waals surface area (Å²) in [5.74, 6) is 0.213. The van der Waals surface area contributed by atoms with Gasteiger partial charge in [0.05, 0.1) is 5.69 Å². The van der Waals surface area contributed by atoms with Gasteiger partial charge in [0.15, 0.2) is 0 Å². The number of aromatic nitrogens is 2. The first-order chi connectivity index (χ1) is 11.1. The number of nitrogens with one attached hydrogen (secondary N) is 1. The van der Waals surface area contributed by atoms with E-state index in [2.05, 4.69) is 34.9 Å². The zero-order valence-electron chi connectivity index (χ0n) is 13.6. The average Bonchev–Trinajstić information content (AvgIpc) is 3.19. The van der Waals surface area contributed by atoms with Crippen molar-refractivity contribution in [3.05, 3.63) is 39.8 Å². The quantitative estimate of drug-likeness (QED) is 0.915. The molecule has 6 heteroatoms. The van der Waals surface area contributed by atoms with Crippen LogP contribution in [0.5, 0.6) is 0 Å². The predicted octanol–water partition coefficient (Wildman–Crippen LogP) is 2.69. The Labute approximate surface area is 140 Å². The van der Waals surface area contributed by atoms with Gasteiger partial charge < -0.3 is 10.1 Å². The molecule has 2 aromatic heterocycles. The highest BCUT2D eigenvalue weighted by Gasteiger charge is 2.24. The molecule has 1 unspecified atom stereocenters. The minimum absolute atomic E-state index is 0.0486. The maximum absolute atomic E-state index is 12.4. The lowest BCUT2D eigenvalue weighted by atomic mass is 9.99. The van der Waals surface area contributed by atoms with Gasteiger partial charge in [-0.25, -0.2) is 0 Å². The maximum Gasteiger partial charge on any atom is 0.223 e. The molecular weight excluding hydrogens is 310 g/mol. The number of carbonyl (C=O) groups is 1. The third-order valence-corrected chi connectivity index (χ3v) is 5.25. The molecule has 1 N–H and O–H groups in total. The summed E-state index contributed by atoms with van der Waals surface area (Å²) in [6, 6.07) is 6.26. The van der Waals surface area contributed by atoms with Crippen molar-refractivity contribution in [2.75, 3.05) is 19.8 Å². The summed E-state index contributed by atoms with van der Waals surface area (Å²) in [7, 11) is 0. The van der Waals surface area contributed by atoms with Crippen LogP contribution in [0.1, 0.15) is 35.1 Å².